The second kappa shape index (κ2) is 23.9. The Balaban J connectivity index is -0.0000000429. The Labute approximate surface area is 173 Å². The van der Waals surface area contributed by atoms with Gasteiger partial charge in [-0.15, -0.1) is 0 Å². The summed E-state index contributed by atoms with van der Waals surface area (Å²) in [6.45, 7) is 5.72. The van der Waals surface area contributed by atoms with Crippen molar-refractivity contribution in [2.75, 3.05) is 0 Å². The molecule has 0 rings (SSSR count). The average Bonchev–Trinajstić information content (AvgIpc) is 2.38. The summed E-state index contributed by atoms with van der Waals surface area (Å²) < 4.78 is 118. The second-order valence-electron chi connectivity index (χ2n) is 2.69. The van der Waals surface area contributed by atoms with E-state index in [0.717, 1.165) is 0 Å². The molecule has 0 N–H and O–H groups in total. The summed E-state index contributed by atoms with van der Waals surface area (Å²) in [5, 5.41) is 29.3. The van der Waals surface area contributed by atoms with Crippen LogP contribution < -0.4 is 0 Å². The molecule has 0 heterocycles. The van der Waals surface area contributed by atoms with Crippen LogP contribution in [-0.4, -0.2) is 37.0 Å². The zero-order valence-electron chi connectivity index (χ0n) is 14.7. The van der Waals surface area contributed by atoms with Crippen molar-refractivity contribution in [2.45, 2.75) is 38.7 Å². The van der Waals surface area contributed by atoms with Gasteiger partial charge in [-0.2, -0.15) is 47.4 Å². The predicted molar refractivity (Wildman–Crippen MR) is 76.7 cm³/mol. The molecule has 0 unspecified atom stereocenters. The fourth-order valence-electron chi connectivity index (χ4n) is 0. The molecule has 0 aromatic carbocycles. The molecule has 0 aliphatic carbocycles. The van der Waals surface area contributed by atoms with Crippen molar-refractivity contribution >= 4 is 20.2 Å². The van der Waals surface area contributed by atoms with Crippen molar-refractivity contribution < 1.29 is 69.1 Å². The second-order valence-corrected chi connectivity index (χ2v) is 5.44. The predicted octanol–water partition coefficient (Wildman–Crippen LogP) is 2.22. The molecule has 1 radical (unpaired) electrons. The third kappa shape index (κ3) is 58.5. The minimum atomic E-state index is -6.09. The van der Waals surface area contributed by atoms with Crippen molar-refractivity contribution in [3.8, 4) is 24.3 Å². The van der Waals surface area contributed by atoms with Crippen molar-refractivity contribution in [1.29, 1.82) is 21.0 Å². The molecule has 0 spiro atoms. The fraction of sp³-hybridized carbons (Fsp3) is 0.600. The van der Waals surface area contributed by atoms with Gasteiger partial charge in [0.1, 0.15) is 0 Å². The molecule has 0 atom stereocenters. The van der Waals surface area contributed by atoms with Gasteiger partial charge in [-0.3, -0.25) is 0 Å². The summed E-state index contributed by atoms with van der Waals surface area (Å²) in [5.41, 5.74) is -11.3. The SMILES string of the molecule is CC#N.CC#N.CC#N.CC#N.O=S(=O)([O-])C(F)(F)F.O=S(=O)([O-])C(F)(F)F.[Co+2]. The summed E-state index contributed by atoms with van der Waals surface area (Å²) in [6.07, 6.45) is 0. The first-order chi connectivity index (χ1) is 12.2. The van der Waals surface area contributed by atoms with Gasteiger partial charge in [-0.1, -0.05) is 0 Å². The molecule has 171 valence electrons. The molecule has 0 amide bonds. The van der Waals surface area contributed by atoms with Gasteiger partial charge in [-0.25, -0.2) is 16.8 Å². The van der Waals surface area contributed by atoms with E-state index in [4.69, 9.17) is 47.0 Å². The van der Waals surface area contributed by atoms with Gasteiger partial charge >= 0.3 is 27.8 Å². The van der Waals surface area contributed by atoms with Crippen LogP contribution >= 0.6 is 0 Å². The summed E-state index contributed by atoms with van der Waals surface area (Å²) in [6, 6.07) is 7.00. The van der Waals surface area contributed by atoms with E-state index in [1.165, 1.54) is 27.7 Å². The number of halogens is 6. The number of nitriles is 4. The van der Waals surface area contributed by atoms with Crippen molar-refractivity contribution in [3.63, 3.8) is 0 Å². The molecular formula is C10H12CoF6N4O6S2. The first kappa shape index (κ1) is 45.5. The van der Waals surface area contributed by atoms with E-state index in [2.05, 4.69) is 0 Å². The Morgan fingerprint density at radius 2 is 0.621 bits per heavy atom. The van der Waals surface area contributed by atoms with E-state index in [1.54, 1.807) is 24.3 Å². The van der Waals surface area contributed by atoms with Gasteiger partial charge in [0.2, 0.25) is 0 Å². The van der Waals surface area contributed by atoms with E-state index < -0.39 is 31.3 Å². The van der Waals surface area contributed by atoms with Gasteiger partial charge in [0.15, 0.2) is 20.2 Å². The zero-order valence-corrected chi connectivity index (χ0v) is 17.3. The summed E-state index contributed by atoms with van der Waals surface area (Å²) >= 11 is 0. The molecule has 0 fully saturated rings. The first-order valence-electron chi connectivity index (χ1n) is 5.44. The van der Waals surface area contributed by atoms with E-state index in [1.807, 2.05) is 0 Å². The van der Waals surface area contributed by atoms with Crippen LogP contribution in [0.1, 0.15) is 27.7 Å². The van der Waals surface area contributed by atoms with E-state index >= 15 is 0 Å². The molecule has 19 heteroatoms. The van der Waals surface area contributed by atoms with Gasteiger partial charge in [-0.05, 0) is 0 Å². The van der Waals surface area contributed by atoms with Crippen LogP contribution in [0.25, 0.3) is 0 Å². The largest absolute Gasteiger partial charge is 2.00 e. The minimum Gasteiger partial charge on any atom is -0.741 e. The van der Waals surface area contributed by atoms with Crippen LogP contribution in [0, 0.1) is 45.3 Å². The number of rotatable bonds is 0. The first-order valence-corrected chi connectivity index (χ1v) is 8.25. The van der Waals surface area contributed by atoms with E-state index in [9.17, 15) is 26.3 Å². The van der Waals surface area contributed by atoms with Crippen LogP contribution in [0.4, 0.5) is 26.3 Å². The third-order valence-corrected chi connectivity index (χ3v) is 1.70. The Morgan fingerprint density at radius 3 is 0.621 bits per heavy atom. The molecule has 0 bridgehead atoms. The number of hydrogen-bond acceptors (Lipinski definition) is 10. The molecule has 0 aliphatic rings. The standard InChI is InChI=1S/4C2H3N.2CHF3O3S.Co/c4*1-2-3;2*2-1(3,4)8(5,6)7;/h4*1H3;2*(H,5,6,7);/q;;;;;;+2/p-2. The Morgan fingerprint density at radius 1 is 0.586 bits per heavy atom. The van der Waals surface area contributed by atoms with Crippen LogP contribution in [0.2, 0.25) is 0 Å². The maximum atomic E-state index is 10.7. The van der Waals surface area contributed by atoms with Gasteiger partial charge in [0.05, 0.1) is 24.3 Å². The fourth-order valence-corrected chi connectivity index (χ4v) is 0. The van der Waals surface area contributed by atoms with E-state index in [-0.39, 0.29) is 16.8 Å². The minimum absolute atomic E-state index is 0. The summed E-state index contributed by atoms with van der Waals surface area (Å²) in [5.74, 6) is 0. The zero-order chi connectivity index (χ0) is 24.8. The molecule has 10 nitrogen and oxygen atoms in total. The summed E-state index contributed by atoms with van der Waals surface area (Å²) in [7, 11) is -12.2. The summed E-state index contributed by atoms with van der Waals surface area (Å²) in [4.78, 5) is 0. The Kier molecular flexibility index (Phi) is 37.5. The number of hydrogen-bond donors (Lipinski definition) is 0. The van der Waals surface area contributed by atoms with Crippen molar-refractivity contribution in [3.05, 3.63) is 0 Å². The monoisotopic (exact) mass is 521 g/mol. The Bertz CT molecular complexity index is 665. The number of alkyl halides is 6. The van der Waals surface area contributed by atoms with Crippen molar-refractivity contribution in [2.24, 2.45) is 0 Å². The maximum absolute atomic E-state index is 10.7. The topological polar surface area (TPSA) is 210 Å². The van der Waals surface area contributed by atoms with Gasteiger partial charge < -0.3 is 9.11 Å². The average molecular weight is 521 g/mol. The molecule has 0 aliphatic heterocycles. The van der Waals surface area contributed by atoms with Gasteiger partial charge in [0, 0.05) is 27.7 Å². The normalized spacial score (nSPS) is 8.83. The maximum Gasteiger partial charge on any atom is 2.00 e. The quantitative estimate of drug-likeness (QED) is 0.258. The molecular weight excluding hydrogens is 509 g/mol. The third-order valence-electron chi connectivity index (χ3n) is 0.567. The Hall–Kier alpha value is -2.13. The molecule has 0 saturated carbocycles. The van der Waals surface area contributed by atoms with Crippen LogP contribution in [0.15, 0.2) is 0 Å². The van der Waals surface area contributed by atoms with Gasteiger partial charge in [0.25, 0.3) is 0 Å². The molecule has 0 aromatic rings. The molecule has 29 heavy (non-hydrogen) atoms. The molecule has 0 aromatic heterocycles. The number of nitrogens with zero attached hydrogens (tertiary/aromatic N) is 4. The van der Waals surface area contributed by atoms with Crippen molar-refractivity contribution in [1.82, 2.24) is 0 Å². The van der Waals surface area contributed by atoms with Crippen LogP contribution in [-0.2, 0) is 37.0 Å². The smallest absolute Gasteiger partial charge is 0.741 e. The van der Waals surface area contributed by atoms with E-state index in [0.29, 0.717) is 0 Å². The molecule has 0 saturated heterocycles. The van der Waals surface area contributed by atoms with Crippen LogP contribution in [0.5, 0.6) is 0 Å². The van der Waals surface area contributed by atoms with Crippen LogP contribution in [0.3, 0.4) is 0 Å².